The molecule has 0 aromatic heterocycles. The molecule has 0 radical (unpaired) electrons. The molecule has 2 rings (SSSR count). The highest BCUT2D eigenvalue weighted by Crippen LogP contribution is 2.34. The summed E-state index contributed by atoms with van der Waals surface area (Å²) in [6.07, 6.45) is 6.95. The van der Waals surface area contributed by atoms with Crippen molar-refractivity contribution in [2.75, 3.05) is 13.1 Å². The molecule has 2 nitrogen and oxygen atoms in total. The molecule has 1 aliphatic carbocycles. The molecule has 2 fully saturated rings. The SMILES string of the molecule is CCC1CCN(C2CC2)C(CN)C1. The Balaban J connectivity index is 1.90. The van der Waals surface area contributed by atoms with Crippen molar-refractivity contribution in [1.29, 1.82) is 0 Å². The maximum absolute atomic E-state index is 5.83. The van der Waals surface area contributed by atoms with Crippen LogP contribution in [0.1, 0.15) is 39.0 Å². The number of piperidine rings is 1. The molecule has 0 aromatic carbocycles. The number of nitrogens with zero attached hydrogens (tertiary/aromatic N) is 1. The van der Waals surface area contributed by atoms with Crippen molar-refractivity contribution in [3.05, 3.63) is 0 Å². The highest BCUT2D eigenvalue weighted by molar-refractivity contribution is 4.92. The van der Waals surface area contributed by atoms with Gasteiger partial charge in [0.25, 0.3) is 0 Å². The lowest BCUT2D eigenvalue weighted by molar-refractivity contribution is 0.107. The summed E-state index contributed by atoms with van der Waals surface area (Å²) >= 11 is 0. The zero-order valence-electron chi connectivity index (χ0n) is 8.71. The molecule has 2 atom stereocenters. The second-order valence-electron chi connectivity index (χ2n) is 4.66. The highest BCUT2D eigenvalue weighted by Gasteiger charge is 2.36. The molecule has 2 aliphatic rings. The minimum absolute atomic E-state index is 0.700. The summed E-state index contributed by atoms with van der Waals surface area (Å²) in [5.74, 6) is 0.948. The molecule has 0 spiro atoms. The van der Waals surface area contributed by atoms with E-state index in [9.17, 15) is 0 Å². The van der Waals surface area contributed by atoms with E-state index in [4.69, 9.17) is 5.73 Å². The Morgan fingerprint density at radius 1 is 1.31 bits per heavy atom. The van der Waals surface area contributed by atoms with Crippen LogP contribution in [0.15, 0.2) is 0 Å². The first-order valence-electron chi connectivity index (χ1n) is 5.81. The standard InChI is InChI=1S/C11H22N2/c1-2-9-5-6-13(10-3-4-10)11(7-9)8-12/h9-11H,2-8,12H2,1H3. The number of hydrogen-bond donors (Lipinski definition) is 1. The summed E-state index contributed by atoms with van der Waals surface area (Å²) in [5, 5.41) is 0. The van der Waals surface area contributed by atoms with E-state index in [2.05, 4.69) is 11.8 Å². The quantitative estimate of drug-likeness (QED) is 0.718. The van der Waals surface area contributed by atoms with Gasteiger partial charge < -0.3 is 5.73 Å². The molecule has 2 N–H and O–H groups in total. The normalized spacial score (nSPS) is 36.5. The topological polar surface area (TPSA) is 29.3 Å². The summed E-state index contributed by atoms with van der Waals surface area (Å²) in [6, 6.07) is 1.61. The van der Waals surface area contributed by atoms with Crippen LogP contribution < -0.4 is 5.73 Å². The fourth-order valence-corrected chi connectivity index (χ4v) is 2.64. The Labute approximate surface area is 81.5 Å². The summed E-state index contributed by atoms with van der Waals surface area (Å²) in [5.41, 5.74) is 5.83. The van der Waals surface area contributed by atoms with Gasteiger partial charge in [0.05, 0.1) is 0 Å². The molecular weight excluding hydrogens is 160 g/mol. The van der Waals surface area contributed by atoms with Crippen LogP contribution in [0, 0.1) is 5.92 Å². The fourth-order valence-electron chi connectivity index (χ4n) is 2.64. The van der Waals surface area contributed by atoms with Crippen LogP contribution in [-0.4, -0.2) is 30.1 Å². The Hall–Kier alpha value is -0.0800. The minimum Gasteiger partial charge on any atom is -0.329 e. The van der Waals surface area contributed by atoms with Gasteiger partial charge in [0.2, 0.25) is 0 Å². The molecule has 1 saturated heterocycles. The van der Waals surface area contributed by atoms with Gasteiger partial charge in [-0.3, -0.25) is 4.90 Å². The van der Waals surface area contributed by atoms with E-state index in [0.717, 1.165) is 18.5 Å². The lowest BCUT2D eigenvalue weighted by Gasteiger charge is -2.39. The highest BCUT2D eigenvalue weighted by atomic mass is 15.2. The van der Waals surface area contributed by atoms with Crippen molar-refractivity contribution >= 4 is 0 Å². The van der Waals surface area contributed by atoms with E-state index in [1.54, 1.807) is 0 Å². The third-order valence-electron chi connectivity index (χ3n) is 3.74. The van der Waals surface area contributed by atoms with Crippen molar-refractivity contribution in [1.82, 2.24) is 4.90 Å². The van der Waals surface area contributed by atoms with E-state index < -0.39 is 0 Å². The molecular formula is C11H22N2. The molecule has 0 aromatic rings. The van der Waals surface area contributed by atoms with E-state index in [1.807, 2.05) is 0 Å². The Bertz CT molecular complexity index is 165. The van der Waals surface area contributed by atoms with Crippen LogP contribution in [0.2, 0.25) is 0 Å². The second-order valence-corrected chi connectivity index (χ2v) is 4.66. The van der Waals surface area contributed by atoms with Gasteiger partial charge in [0.15, 0.2) is 0 Å². The Morgan fingerprint density at radius 2 is 2.08 bits per heavy atom. The van der Waals surface area contributed by atoms with Crippen molar-refractivity contribution in [2.24, 2.45) is 11.7 Å². The Morgan fingerprint density at radius 3 is 2.62 bits per heavy atom. The number of rotatable bonds is 3. The Kier molecular flexibility index (Phi) is 2.89. The maximum atomic E-state index is 5.83. The molecule has 1 heterocycles. The minimum atomic E-state index is 0.700. The average Bonchev–Trinajstić information content (AvgIpc) is 3.00. The number of hydrogen-bond acceptors (Lipinski definition) is 2. The molecule has 2 heteroatoms. The van der Waals surface area contributed by atoms with Crippen LogP contribution in [-0.2, 0) is 0 Å². The third-order valence-corrected chi connectivity index (χ3v) is 3.74. The molecule has 76 valence electrons. The first-order valence-corrected chi connectivity index (χ1v) is 5.81. The van der Waals surface area contributed by atoms with E-state index in [1.165, 1.54) is 38.6 Å². The molecule has 0 amide bonds. The second kappa shape index (κ2) is 3.97. The maximum Gasteiger partial charge on any atom is 0.0223 e. The van der Waals surface area contributed by atoms with Gasteiger partial charge in [-0.15, -0.1) is 0 Å². The molecule has 1 saturated carbocycles. The number of nitrogens with two attached hydrogens (primary N) is 1. The summed E-state index contributed by atoms with van der Waals surface area (Å²) < 4.78 is 0. The van der Waals surface area contributed by atoms with E-state index in [-0.39, 0.29) is 0 Å². The molecule has 2 unspecified atom stereocenters. The van der Waals surface area contributed by atoms with Gasteiger partial charge in [-0.05, 0) is 38.1 Å². The van der Waals surface area contributed by atoms with E-state index in [0.29, 0.717) is 6.04 Å². The summed E-state index contributed by atoms with van der Waals surface area (Å²) in [6.45, 7) is 4.49. The summed E-state index contributed by atoms with van der Waals surface area (Å²) in [7, 11) is 0. The predicted octanol–water partition coefficient (Wildman–Crippen LogP) is 1.60. The van der Waals surface area contributed by atoms with Crippen LogP contribution in [0.4, 0.5) is 0 Å². The van der Waals surface area contributed by atoms with Crippen molar-refractivity contribution in [2.45, 2.75) is 51.1 Å². The van der Waals surface area contributed by atoms with Gasteiger partial charge in [-0.2, -0.15) is 0 Å². The van der Waals surface area contributed by atoms with Crippen LogP contribution >= 0.6 is 0 Å². The molecule has 0 bridgehead atoms. The van der Waals surface area contributed by atoms with Crippen LogP contribution in [0.25, 0.3) is 0 Å². The van der Waals surface area contributed by atoms with Crippen LogP contribution in [0.5, 0.6) is 0 Å². The average molecular weight is 182 g/mol. The lowest BCUT2D eigenvalue weighted by atomic mass is 9.89. The van der Waals surface area contributed by atoms with Crippen molar-refractivity contribution in [3.8, 4) is 0 Å². The first-order chi connectivity index (χ1) is 6.35. The monoisotopic (exact) mass is 182 g/mol. The van der Waals surface area contributed by atoms with Gasteiger partial charge in [-0.25, -0.2) is 0 Å². The van der Waals surface area contributed by atoms with Crippen molar-refractivity contribution in [3.63, 3.8) is 0 Å². The fraction of sp³-hybridized carbons (Fsp3) is 1.00. The van der Waals surface area contributed by atoms with Crippen molar-refractivity contribution < 1.29 is 0 Å². The predicted molar refractivity (Wildman–Crippen MR) is 55.6 cm³/mol. The zero-order chi connectivity index (χ0) is 9.26. The van der Waals surface area contributed by atoms with Crippen LogP contribution in [0.3, 0.4) is 0 Å². The van der Waals surface area contributed by atoms with Gasteiger partial charge in [0, 0.05) is 18.6 Å². The lowest BCUT2D eigenvalue weighted by Crippen LogP contribution is -2.47. The number of likely N-dealkylation sites (tertiary alicyclic amines) is 1. The largest absolute Gasteiger partial charge is 0.329 e. The first kappa shape index (κ1) is 9.47. The van der Waals surface area contributed by atoms with Gasteiger partial charge in [0.1, 0.15) is 0 Å². The smallest absolute Gasteiger partial charge is 0.0223 e. The molecule has 1 aliphatic heterocycles. The zero-order valence-corrected chi connectivity index (χ0v) is 8.71. The summed E-state index contributed by atoms with van der Waals surface area (Å²) in [4.78, 5) is 2.67. The van der Waals surface area contributed by atoms with Gasteiger partial charge in [-0.1, -0.05) is 13.3 Å². The molecule has 13 heavy (non-hydrogen) atoms. The van der Waals surface area contributed by atoms with E-state index >= 15 is 0 Å². The van der Waals surface area contributed by atoms with Gasteiger partial charge >= 0.3 is 0 Å². The third kappa shape index (κ3) is 2.05.